The number of hydroxylamine groups is 1. The number of aromatic nitrogens is 2. The van der Waals surface area contributed by atoms with Gasteiger partial charge in [0.25, 0.3) is 5.91 Å². The Morgan fingerprint density at radius 1 is 1.27 bits per heavy atom. The molecule has 0 bridgehead atoms. The Morgan fingerprint density at radius 2 is 2.05 bits per heavy atom. The molecule has 3 aromatic rings. The molecular formula is C17H17N3O2. The lowest BCUT2D eigenvalue weighted by Crippen LogP contribution is -2.32. The lowest BCUT2D eigenvalue weighted by molar-refractivity contribution is -0.132. The molecule has 5 nitrogen and oxygen atoms in total. The van der Waals surface area contributed by atoms with Gasteiger partial charge >= 0.3 is 0 Å². The number of nitrogens with one attached hydrogen (secondary N) is 1. The molecule has 1 aromatic heterocycles. The zero-order chi connectivity index (χ0) is 15.5. The number of nitrogens with zero attached hydrogens (tertiary/aromatic N) is 2. The third-order valence-corrected chi connectivity index (χ3v) is 3.73. The minimum Gasteiger partial charge on any atom is -0.289 e. The number of amides is 1. The van der Waals surface area contributed by atoms with Gasteiger partial charge in [-0.1, -0.05) is 42.0 Å². The molecule has 0 aliphatic heterocycles. The maximum Gasteiger partial charge on any atom is 0.268 e. The van der Waals surface area contributed by atoms with Crippen LogP contribution < -0.4 is 5.48 Å². The summed E-state index contributed by atoms with van der Waals surface area (Å²) in [6, 6.07) is 15.0. The van der Waals surface area contributed by atoms with E-state index in [-0.39, 0.29) is 0 Å². The quantitative estimate of drug-likeness (QED) is 0.574. The number of benzene rings is 2. The van der Waals surface area contributed by atoms with Crippen LogP contribution >= 0.6 is 0 Å². The smallest absolute Gasteiger partial charge is 0.268 e. The molecule has 2 N–H and O–H groups in total. The summed E-state index contributed by atoms with van der Waals surface area (Å²) in [7, 11) is 0. The first kappa shape index (κ1) is 14.3. The van der Waals surface area contributed by atoms with E-state index >= 15 is 0 Å². The van der Waals surface area contributed by atoms with Gasteiger partial charge in [-0.15, -0.1) is 0 Å². The fourth-order valence-corrected chi connectivity index (χ4v) is 2.62. The molecule has 0 spiro atoms. The van der Waals surface area contributed by atoms with Crippen molar-refractivity contribution in [2.45, 2.75) is 19.4 Å². The topological polar surface area (TPSA) is 67.2 Å². The summed E-state index contributed by atoms with van der Waals surface area (Å²) in [6.07, 6.45) is 2.20. The number of aryl methyl sites for hydroxylation is 1. The highest BCUT2D eigenvalue weighted by molar-refractivity contribution is 5.84. The van der Waals surface area contributed by atoms with Crippen LogP contribution in [0.5, 0.6) is 0 Å². The highest BCUT2D eigenvalue weighted by Crippen LogP contribution is 2.22. The number of rotatable bonds is 4. The highest BCUT2D eigenvalue weighted by Gasteiger charge is 2.23. The van der Waals surface area contributed by atoms with Crippen LogP contribution in [-0.4, -0.2) is 20.9 Å². The van der Waals surface area contributed by atoms with Crippen molar-refractivity contribution in [3.8, 4) is 0 Å². The zero-order valence-electron chi connectivity index (χ0n) is 12.2. The van der Waals surface area contributed by atoms with Crippen LogP contribution in [0.1, 0.15) is 17.2 Å². The first-order valence-electron chi connectivity index (χ1n) is 7.11. The minimum absolute atomic E-state index is 0.456. The minimum atomic E-state index is -0.604. The molecule has 0 saturated carbocycles. The fourth-order valence-electron chi connectivity index (χ4n) is 2.62. The molecule has 0 aliphatic rings. The average Bonchev–Trinajstić information content (AvgIpc) is 2.95. The zero-order valence-corrected chi connectivity index (χ0v) is 12.2. The molecule has 0 radical (unpaired) electrons. The second kappa shape index (κ2) is 5.99. The molecule has 0 fully saturated rings. The van der Waals surface area contributed by atoms with Gasteiger partial charge in [0.2, 0.25) is 0 Å². The summed E-state index contributed by atoms with van der Waals surface area (Å²) < 4.78 is 1.66. The van der Waals surface area contributed by atoms with Crippen molar-refractivity contribution in [2.75, 3.05) is 0 Å². The summed E-state index contributed by atoms with van der Waals surface area (Å²) in [5, 5.41) is 14.4. The van der Waals surface area contributed by atoms with Gasteiger partial charge in [-0.2, -0.15) is 5.10 Å². The first-order valence-corrected chi connectivity index (χ1v) is 7.11. The van der Waals surface area contributed by atoms with Gasteiger partial charge in [0.15, 0.2) is 0 Å². The second-order valence-corrected chi connectivity index (χ2v) is 5.33. The van der Waals surface area contributed by atoms with Gasteiger partial charge in [-0.05, 0) is 24.6 Å². The third kappa shape index (κ3) is 2.71. The Morgan fingerprint density at radius 3 is 2.77 bits per heavy atom. The molecule has 5 heteroatoms. The average molecular weight is 295 g/mol. The summed E-state index contributed by atoms with van der Waals surface area (Å²) >= 11 is 0. The Kier molecular flexibility index (Phi) is 3.89. The summed E-state index contributed by atoms with van der Waals surface area (Å²) in [4.78, 5) is 12.1. The summed E-state index contributed by atoms with van der Waals surface area (Å²) in [5.41, 5.74) is 4.76. The van der Waals surface area contributed by atoms with Crippen molar-refractivity contribution < 1.29 is 10.0 Å². The number of carbonyl (C=O) groups is 1. The van der Waals surface area contributed by atoms with Crippen molar-refractivity contribution in [1.29, 1.82) is 0 Å². The summed E-state index contributed by atoms with van der Waals surface area (Å²) in [6.45, 7) is 2.01. The number of hydrogen-bond acceptors (Lipinski definition) is 3. The Labute approximate surface area is 128 Å². The van der Waals surface area contributed by atoms with Gasteiger partial charge in [0.05, 0.1) is 11.7 Å². The van der Waals surface area contributed by atoms with E-state index in [1.807, 2.05) is 55.5 Å². The van der Waals surface area contributed by atoms with Gasteiger partial charge < -0.3 is 0 Å². The summed E-state index contributed by atoms with van der Waals surface area (Å²) in [5.74, 6) is -0.477. The van der Waals surface area contributed by atoms with Crippen LogP contribution in [0, 0.1) is 6.92 Å². The van der Waals surface area contributed by atoms with Gasteiger partial charge in [0.1, 0.15) is 6.04 Å². The SMILES string of the molecule is Cc1ccc2c(cnn2C(Cc2ccccc2)C(=O)NO)c1. The van der Waals surface area contributed by atoms with Crippen LogP contribution in [0.15, 0.2) is 54.7 Å². The molecular weight excluding hydrogens is 278 g/mol. The molecule has 1 unspecified atom stereocenters. The second-order valence-electron chi connectivity index (χ2n) is 5.33. The Bertz CT molecular complexity index is 796. The Balaban J connectivity index is 2.02. The molecule has 112 valence electrons. The van der Waals surface area contributed by atoms with Crippen molar-refractivity contribution >= 4 is 16.8 Å². The highest BCUT2D eigenvalue weighted by atomic mass is 16.5. The molecule has 0 saturated heterocycles. The predicted octanol–water partition coefficient (Wildman–Crippen LogP) is 2.63. The molecule has 1 heterocycles. The Hall–Kier alpha value is -2.66. The lowest BCUT2D eigenvalue weighted by Gasteiger charge is -2.16. The lowest BCUT2D eigenvalue weighted by atomic mass is 10.1. The number of carbonyl (C=O) groups excluding carboxylic acids is 1. The molecule has 2 aromatic carbocycles. The van der Waals surface area contributed by atoms with Crippen molar-refractivity contribution in [3.63, 3.8) is 0 Å². The van der Waals surface area contributed by atoms with Crippen molar-refractivity contribution in [2.24, 2.45) is 0 Å². The van der Waals surface area contributed by atoms with E-state index in [1.165, 1.54) is 0 Å². The van der Waals surface area contributed by atoms with Crippen LogP contribution in [0.25, 0.3) is 10.9 Å². The van der Waals surface area contributed by atoms with Gasteiger partial charge in [-0.25, -0.2) is 5.48 Å². The maximum absolute atomic E-state index is 12.1. The third-order valence-electron chi connectivity index (χ3n) is 3.73. The fraction of sp³-hybridized carbons (Fsp3) is 0.176. The van der Waals surface area contributed by atoms with E-state index in [9.17, 15) is 4.79 Å². The normalized spacial score (nSPS) is 12.3. The van der Waals surface area contributed by atoms with Crippen LogP contribution in [0.4, 0.5) is 0 Å². The van der Waals surface area contributed by atoms with E-state index in [4.69, 9.17) is 5.21 Å². The monoisotopic (exact) mass is 295 g/mol. The van der Waals surface area contributed by atoms with E-state index in [1.54, 1.807) is 16.4 Å². The van der Waals surface area contributed by atoms with Crippen LogP contribution in [0.3, 0.4) is 0 Å². The number of hydrogen-bond donors (Lipinski definition) is 2. The standard InChI is InChI=1S/C17H17N3O2/c1-12-7-8-15-14(9-12)11-18-20(15)16(17(21)19-22)10-13-5-3-2-4-6-13/h2-9,11,16,22H,10H2,1H3,(H,19,21). The van der Waals surface area contributed by atoms with E-state index in [0.29, 0.717) is 6.42 Å². The maximum atomic E-state index is 12.1. The first-order chi connectivity index (χ1) is 10.7. The molecule has 3 rings (SSSR count). The largest absolute Gasteiger partial charge is 0.289 e. The molecule has 0 aliphatic carbocycles. The van der Waals surface area contributed by atoms with E-state index < -0.39 is 11.9 Å². The van der Waals surface area contributed by atoms with Gasteiger partial charge in [0, 0.05) is 11.8 Å². The van der Waals surface area contributed by atoms with E-state index in [0.717, 1.165) is 22.0 Å². The molecule has 1 amide bonds. The predicted molar refractivity (Wildman–Crippen MR) is 83.6 cm³/mol. The van der Waals surface area contributed by atoms with Crippen LogP contribution in [-0.2, 0) is 11.2 Å². The van der Waals surface area contributed by atoms with Crippen molar-refractivity contribution in [1.82, 2.24) is 15.3 Å². The molecule has 1 atom stereocenters. The van der Waals surface area contributed by atoms with Gasteiger partial charge in [-0.3, -0.25) is 14.7 Å². The number of fused-ring (bicyclic) bond motifs is 1. The van der Waals surface area contributed by atoms with Crippen molar-refractivity contribution in [3.05, 3.63) is 65.9 Å². The van der Waals surface area contributed by atoms with Crippen LogP contribution in [0.2, 0.25) is 0 Å². The van der Waals surface area contributed by atoms with E-state index in [2.05, 4.69) is 5.10 Å². The molecule has 22 heavy (non-hydrogen) atoms.